The Bertz CT molecular complexity index is 587. The molecule has 0 aliphatic carbocycles. The van der Waals surface area contributed by atoms with E-state index in [1.54, 1.807) is 7.11 Å². The standard InChI is InChI=1S/C16H23N3O/c1-5-8-14-18-15(16(17)19(14)11(2)3)12-9-6-7-10-13(12)20-4/h6-7,9-11H,5,8,17H2,1-4H3. The molecule has 0 unspecified atom stereocenters. The van der Waals surface area contributed by atoms with Gasteiger partial charge in [-0.05, 0) is 32.4 Å². The van der Waals surface area contributed by atoms with Crippen molar-refractivity contribution in [3.05, 3.63) is 30.1 Å². The van der Waals surface area contributed by atoms with Gasteiger partial charge in [0.15, 0.2) is 0 Å². The summed E-state index contributed by atoms with van der Waals surface area (Å²) in [5, 5.41) is 0. The zero-order valence-electron chi connectivity index (χ0n) is 12.7. The first-order valence-corrected chi connectivity index (χ1v) is 7.10. The summed E-state index contributed by atoms with van der Waals surface area (Å²) >= 11 is 0. The zero-order valence-corrected chi connectivity index (χ0v) is 12.7. The van der Waals surface area contributed by atoms with E-state index < -0.39 is 0 Å². The Labute approximate surface area is 120 Å². The van der Waals surface area contributed by atoms with Gasteiger partial charge in [-0.25, -0.2) is 4.98 Å². The summed E-state index contributed by atoms with van der Waals surface area (Å²) in [6, 6.07) is 8.16. The van der Waals surface area contributed by atoms with Crippen molar-refractivity contribution in [3.63, 3.8) is 0 Å². The van der Waals surface area contributed by atoms with E-state index in [4.69, 9.17) is 15.5 Å². The van der Waals surface area contributed by atoms with Crippen molar-refractivity contribution >= 4 is 5.82 Å². The number of hydrogen-bond donors (Lipinski definition) is 1. The van der Waals surface area contributed by atoms with Gasteiger partial charge in [-0.1, -0.05) is 19.1 Å². The number of anilines is 1. The first kappa shape index (κ1) is 14.4. The molecule has 0 spiro atoms. The molecule has 0 saturated carbocycles. The van der Waals surface area contributed by atoms with E-state index >= 15 is 0 Å². The van der Waals surface area contributed by atoms with E-state index in [1.807, 2.05) is 24.3 Å². The van der Waals surface area contributed by atoms with E-state index in [9.17, 15) is 0 Å². The maximum atomic E-state index is 6.34. The van der Waals surface area contributed by atoms with E-state index in [0.717, 1.165) is 35.7 Å². The molecular weight excluding hydrogens is 250 g/mol. The molecule has 0 aliphatic rings. The molecule has 0 atom stereocenters. The second-order valence-electron chi connectivity index (χ2n) is 5.18. The number of ether oxygens (including phenoxy) is 1. The van der Waals surface area contributed by atoms with Gasteiger partial charge in [-0.15, -0.1) is 0 Å². The van der Waals surface area contributed by atoms with Crippen LogP contribution in [0.3, 0.4) is 0 Å². The average Bonchev–Trinajstić information content (AvgIpc) is 2.76. The van der Waals surface area contributed by atoms with Gasteiger partial charge in [0.25, 0.3) is 0 Å². The lowest BCUT2D eigenvalue weighted by Crippen LogP contribution is -2.09. The van der Waals surface area contributed by atoms with Crippen molar-refractivity contribution in [2.45, 2.75) is 39.7 Å². The van der Waals surface area contributed by atoms with Gasteiger partial charge >= 0.3 is 0 Å². The highest BCUT2D eigenvalue weighted by molar-refractivity contribution is 5.76. The molecule has 0 saturated heterocycles. The summed E-state index contributed by atoms with van der Waals surface area (Å²) in [4.78, 5) is 4.76. The Morgan fingerprint density at radius 2 is 2.00 bits per heavy atom. The Hall–Kier alpha value is -1.97. The van der Waals surface area contributed by atoms with Crippen molar-refractivity contribution in [2.24, 2.45) is 0 Å². The maximum Gasteiger partial charge on any atom is 0.132 e. The summed E-state index contributed by atoms with van der Waals surface area (Å²) in [5.41, 5.74) is 8.10. The highest BCUT2D eigenvalue weighted by Crippen LogP contribution is 2.35. The van der Waals surface area contributed by atoms with E-state index in [-0.39, 0.29) is 0 Å². The third-order valence-electron chi connectivity index (χ3n) is 3.37. The summed E-state index contributed by atoms with van der Waals surface area (Å²) in [7, 11) is 1.67. The molecule has 108 valence electrons. The second kappa shape index (κ2) is 5.99. The van der Waals surface area contributed by atoms with Gasteiger partial charge in [-0.3, -0.25) is 0 Å². The average molecular weight is 273 g/mol. The van der Waals surface area contributed by atoms with Crippen LogP contribution >= 0.6 is 0 Å². The monoisotopic (exact) mass is 273 g/mol. The largest absolute Gasteiger partial charge is 0.496 e. The molecule has 2 N–H and O–H groups in total. The molecule has 4 heteroatoms. The molecule has 0 aliphatic heterocycles. The van der Waals surface area contributed by atoms with Gasteiger partial charge < -0.3 is 15.0 Å². The lowest BCUT2D eigenvalue weighted by Gasteiger charge is -2.13. The van der Waals surface area contributed by atoms with Crippen molar-refractivity contribution in [1.82, 2.24) is 9.55 Å². The predicted octanol–water partition coefficient (Wildman–Crippen LogP) is 3.67. The van der Waals surface area contributed by atoms with Crippen LogP contribution < -0.4 is 10.5 Å². The number of methoxy groups -OCH3 is 1. The topological polar surface area (TPSA) is 53.1 Å². The Balaban J connectivity index is 2.60. The van der Waals surface area contributed by atoms with Crippen LogP contribution in [0.15, 0.2) is 24.3 Å². The highest BCUT2D eigenvalue weighted by atomic mass is 16.5. The van der Waals surface area contributed by atoms with E-state index in [1.165, 1.54) is 0 Å². The third-order valence-corrected chi connectivity index (χ3v) is 3.37. The summed E-state index contributed by atoms with van der Waals surface area (Å²) in [6.07, 6.45) is 1.98. The van der Waals surface area contributed by atoms with Gasteiger partial charge in [0.05, 0.1) is 7.11 Å². The van der Waals surface area contributed by atoms with Crippen LogP contribution in [-0.2, 0) is 6.42 Å². The van der Waals surface area contributed by atoms with Gasteiger partial charge in [0.1, 0.15) is 23.1 Å². The molecule has 1 heterocycles. The van der Waals surface area contributed by atoms with Crippen LogP contribution in [0.2, 0.25) is 0 Å². The predicted molar refractivity (Wildman–Crippen MR) is 83.0 cm³/mol. The van der Waals surface area contributed by atoms with E-state index in [0.29, 0.717) is 11.9 Å². The van der Waals surface area contributed by atoms with Crippen LogP contribution in [-0.4, -0.2) is 16.7 Å². The molecule has 1 aromatic heterocycles. The normalized spacial score (nSPS) is 11.1. The first-order valence-electron chi connectivity index (χ1n) is 7.10. The fourth-order valence-electron chi connectivity index (χ4n) is 2.51. The van der Waals surface area contributed by atoms with E-state index in [2.05, 4.69) is 25.3 Å². The summed E-state index contributed by atoms with van der Waals surface area (Å²) in [5.74, 6) is 2.56. The second-order valence-corrected chi connectivity index (χ2v) is 5.18. The van der Waals surface area contributed by atoms with Gasteiger partial charge in [-0.2, -0.15) is 0 Å². The van der Waals surface area contributed by atoms with Crippen molar-refractivity contribution in [3.8, 4) is 17.0 Å². The molecule has 0 radical (unpaired) electrons. The Morgan fingerprint density at radius 1 is 1.30 bits per heavy atom. The van der Waals surface area contributed by atoms with Crippen LogP contribution in [0.4, 0.5) is 5.82 Å². The number of nitrogens with zero attached hydrogens (tertiary/aromatic N) is 2. The SMILES string of the molecule is CCCc1nc(-c2ccccc2OC)c(N)n1C(C)C. The third kappa shape index (κ3) is 2.50. The molecule has 4 nitrogen and oxygen atoms in total. The minimum Gasteiger partial charge on any atom is -0.496 e. The summed E-state index contributed by atoms with van der Waals surface area (Å²) in [6.45, 7) is 6.41. The molecular formula is C16H23N3O. The zero-order chi connectivity index (χ0) is 14.7. The summed E-state index contributed by atoms with van der Waals surface area (Å²) < 4.78 is 7.54. The Kier molecular flexibility index (Phi) is 4.32. The number of benzene rings is 1. The number of hydrogen-bond acceptors (Lipinski definition) is 3. The molecule has 2 aromatic rings. The molecule has 0 bridgehead atoms. The van der Waals surface area contributed by atoms with Gasteiger partial charge in [0.2, 0.25) is 0 Å². The quantitative estimate of drug-likeness (QED) is 0.904. The molecule has 2 rings (SSSR count). The number of rotatable bonds is 5. The number of para-hydroxylation sites is 1. The highest BCUT2D eigenvalue weighted by Gasteiger charge is 2.19. The number of aryl methyl sites for hydroxylation is 1. The number of nitrogens with two attached hydrogens (primary N) is 1. The smallest absolute Gasteiger partial charge is 0.132 e. The molecule has 0 fully saturated rings. The first-order chi connectivity index (χ1) is 9.60. The Morgan fingerprint density at radius 3 is 2.60 bits per heavy atom. The fraction of sp³-hybridized carbons (Fsp3) is 0.438. The molecule has 1 aromatic carbocycles. The fourth-order valence-corrected chi connectivity index (χ4v) is 2.51. The molecule has 20 heavy (non-hydrogen) atoms. The maximum absolute atomic E-state index is 6.34. The van der Waals surface area contributed by atoms with Crippen molar-refractivity contribution in [1.29, 1.82) is 0 Å². The van der Waals surface area contributed by atoms with Crippen LogP contribution in [0.1, 0.15) is 39.1 Å². The number of imidazole rings is 1. The van der Waals surface area contributed by atoms with Crippen molar-refractivity contribution in [2.75, 3.05) is 12.8 Å². The minimum absolute atomic E-state index is 0.299. The van der Waals surface area contributed by atoms with Crippen LogP contribution in [0.25, 0.3) is 11.3 Å². The number of aromatic nitrogens is 2. The van der Waals surface area contributed by atoms with Crippen LogP contribution in [0.5, 0.6) is 5.75 Å². The van der Waals surface area contributed by atoms with Crippen molar-refractivity contribution < 1.29 is 4.74 Å². The molecule has 0 amide bonds. The number of nitrogen functional groups attached to an aromatic ring is 1. The van der Waals surface area contributed by atoms with Crippen LogP contribution in [0, 0.1) is 0 Å². The lowest BCUT2D eigenvalue weighted by molar-refractivity contribution is 0.416. The minimum atomic E-state index is 0.299. The lowest BCUT2D eigenvalue weighted by atomic mass is 10.1. The van der Waals surface area contributed by atoms with Gasteiger partial charge in [0, 0.05) is 18.0 Å².